The van der Waals surface area contributed by atoms with Gasteiger partial charge in [0.2, 0.25) is 11.8 Å². The molecule has 0 aromatic heterocycles. The number of nitrogens with one attached hydrogen (secondary N) is 2. The average Bonchev–Trinajstić information content (AvgIpc) is 2.63. The quantitative estimate of drug-likeness (QED) is 0.702. The standard InChI is InChI=1S/C21H33N3O2/c1-4-5-12-22-21(26)19-11-10-17(3)24(14-19)15-20(25)23-13-18-9-7-6-8-16(18)2/h6-9,17,19H,4-5,10-15H2,1-3H3,(H,22,26)(H,23,25)/t17-,19-/m0/s1. The number of carbonyl (C=O) groups excluding carboxylic acids is 2. The molecule has 1 saturated heterocycles. The highest BCUT2D eigenvalue weighted by Crippen LogP contribution is 2.21. The van der Waals surface area contributed by atoms with E-state index < -0.39 is 0 Å². The first kappa shape index (κ1) is 20.4. The molecule has 0 spiro atoms. The lowest BCUT2D eigenvalue weighted by Crippen LogP contribution is -2.50. The van der Waals surface area contributed by atoms with Gasteiger partial charge in [-0.3, -0.25) is 14.5 Å². The molecule has 26 heavy (non-hydrogen) atoms. The molecule has 1 aromatic carbocycles. The minimum Gasteiger partial charge on any atom is -0.356 e. The number of likely N-dealkylation sites (tertiary alicyclic amines) is 1. The summed E-state index contributed by atoms with van der Waals surface area (Å²) in [4.78, 5) is 26.8. The first-order valence-corrected chi connectivity index (χ1v) is 9.84. The van der Waals surface area contributed by atoms with E-state index >= 15 is 0 Å². The molecule has 1 aliphatic rings. The Morgan fingerprint density at radius 1 is 1.19 bits per heavy atom. The summed E-state index contributed by atoms with van der Waals surface area (Å²) >= 11 is 0. The number of nitrogens with zero attached hydrogens (tertiary/aromatic N) is 1. The number of hydrogen-bond donors (Lipinski definition) is 2. The molecule has 0 aliphatic carbocycles. The molecular weight excluding hydrogens is 326 g/mol. The number of rotatable bonds is 8. The number of unbranched alkanes of at least 4 members (excludes halogenated alkanes) is 1. The second kappa shape index (κ2) is 10.3. The molecule has 5 nitrogen and oxygen atoms in total. The van der Waals surface area contributed by atoms with Gasteiger partial charge in [0.05, 0.1) is 12.5 Å². The number of amides is 2. The SMILES string of the molecule is CCCCNC(=O)[C@H]1CC[C@H](C)N(CC(=O)NCc2ccccc2C)C1. The van der Waals surface area contributed by atoms with Crippen molar-refractivity contribution in [3.05, 3.63) is 35.4 Å². The van der Waals surface area contributed by atoms with Crippen molar-refractivity contribution in [1.82, 2.24) is 15.5 Å². The van der Waals surface area contributed by atoms with Crippen molar-refractivity contribution in [2.75, 3.05) is 19.6 Å². The predicted octanol–water partition coefficient (Wildman–Crippen LogP) is 2.63. The van der Waals surface area contributed by atoms with E-state index in [-0.39, 0.29) is 17.7 Å². The Hall–Kier alpha value is -1.88. The normalized spacial score (nSPS) is 20.6. The van der Waals surface area contributed by atoms with Crippen LogP contribution in [0.4, 0.5) is 0 Å². The van der Waals surface area contributed by atoms with Crippen LogP contribution in [0, 0.1) is 12.8 Å². The van der Waals surface area contributed by atoms with Gasteiger partial charge in [-0.25, -0.2) is 0 Å². The van der Waals surface area contributed by atoms with Crippen molar-refractivity contribution < 1.29 is 9.59 Å². The Balaban J connectivity index is 1.81. The van der Waals surface area contributed by atoms with Gasteiger partial charge in [0.15, 0.2) is 0 Å². The highest BCUT2D eigenvalue weighted by molar-refractivity contribution is 5.80. The molecule has 0 saturated carbocycles. The van der Waals surface area contributed by atoms with E-state index in [2.05, 4.69) is 42.4 Å². The first-order valence-electron chi connectivity index (χ1n) is 9.84. The molecule has 1 aromatic rings. The summed E-state index contributed by atoms with van der Waals surface area (Å²) in [5, 5.41) is 6.04. The Morgan fingerprint density at radius 3 is 2.69 bits per heavy atom. The number of hydrogen-bond acceptors (Lipinski definition) is 3. The molecule has 5 heteroatoms. The van der Waals surface area contributed by atoms with Gasteiger partial charge < -0.3 is 10.6 Å². The summed E-state index contributed by atoms with van der Waals surface area (Å²) in [6.45, 7) is 8.62. The molecule has 1 heterocycles. The van der Waals surface area contributed by atoms with Crippen LogP contribution in [0.15, 0.2) is 24.3 Å². The first-order chi connectivity index (χ1) is 12.5. The van der Waals surface area contributed by atoms with E-state index in [1.165, 1.54) is 5.56 Å². The largest absolute Gasteiger partial charge is 0.356 e. The zero-order valence-corrected chi connectivity index (χ0v) is 16.4. The third-order valence-corrected chi connectivity index (χ3v) is 5.30. The topological polar surface area (TPSA) is 61.4 Å². The Morgan fingerprint density at radius 2 is 1.96 bits per heavy atom. The van der Waals surface area contributed by atoms with Gasteiger partial charge >= 0.3 is 0 Å². The third-order valence-electron chi connectivity index (χ3n) is 5.30. The average molecular weight is 360 g/mol. The fourth-order valence-electron chi connectivity index (χ4n) is 3.39. The van der Waals surface area contributed by atoms with Gasteiger partial charge in [-0.2, -0.15) is 0 Å². The van der Waals surface area contributed by atoms with Crippen LogP contribution in [0.2, 0.25) is 0 Å². The molecule has 2 atom stereocenters. The van der Waals surface area contributed by atoms with Crippen molar-refractivity contribution in [1.29, 1.82) is 0 Å². The highest BCUT2D eigenvalue weighted by atomic mass is 16.2. The van der Waals surface area contributed by atoms with Crippen LogP contribution in [0.3, 0.4) is 0 Å². The molecule has 2 rings (SSSR count). The molecule has 1 aliphatic heterocycles. The molecule has 144 valence electrons. The number of benzene rings is 1. The molecule has 0 bridgehead atoms. The van der Waals surface area contributed by atoms with Crippen LogP contribution < -0.4 is 10.6 Å². The van der Waals surface area contributed by atoms with Crippen molar-refractivity contribution in [2.45, 2.75) is 59.0 Å². The highest BCUT2D eigenvalue weighted by Gasteiger charge is 2.30. The van der Waals surface area contributed by atoms with Gasteiger partial charge in [-0.1, -0.05) is 37.6 Å². The third kappa shape index (κ3) is 6.13. The van der Waals surface area contributed by atoms with Crippen molar-refractivity contribution in [3.63, 3.8) is 0 Å². The molecule has 0 unspecified atom stereocenters. The van der Waals surface area contributed by atoms with Crippen LogP contribution in [0.25, 0.3) is 0 Å². The van der Waals surface area contributed by atoms with Crippen molar-refractivity contribution in [2.24, 2.45) is 5.92 Å². The zero-order chi connectivity index (χ0) is 18.9. The lowest BCUT2D eigenvalue weighted by molar-refractivity contribution is -0.130. The van der Waals surface area contributed by atoms with E-state index in [0.29, 0.717) is 25.7 Å². The van der Waals surface area contributed by atoms with E-state index in [1.807, 2.05) is 18.2 Å². The van der Waals surface area contributed by atoms with Gasteiger partial charge in [0, 0.05) is 25.7 Å². The van der Waals surface area contributed by atoms with Crippen LogP contribution >= 0.6 is 0 Å². The Bertz CT molecular complexity index is 603. The second-order valence-electron chi connectivity index (χ2n) is 7.40. The van der Waals surface area contributed by atoms with Crippen molar-refractivity contribution in [3.8, 4) is 0 Å². The maximum atomic E-state index is 12.4. The fraction of sp³-hybridized carbons (Fsp3) is 0.619. The lowest BCUT2D eigenvalue weighted by atomic mass is 9.92. The summed E-state index contributed by atoms with van der Waals surface area (Å²) in [6, 6.07) is 8.41. The summed E-state index contributed by atoms with van der Waals surface area (Å²) in [6.07, 6.45) is 3.95. The Labute approximate surface area is 157 Å². The zero-order valence-electron chi connectivity index (χ0n) is 16.4. The smallest absolute Gasteiger partial charge is 0.234 e. The molecular formula is C21H33N3O2. The predicted molar refractivity (Wildman–Crippen MR) is 105 cm³/mol. The molecule has 2 amide bonds. The summed E-state index contributed by atoms with van der Waals surface area (Å²) in [5.74, 6) is 0.148. The van der Waals surface area contributed by atoms with E-state index in [4.69, 9.17) is 0 Å². The minimum atomic E-state index is -0.00720. The Kier molecular flexibility index (Phi) is 8.10. The van der Waals surface area contributed by atoms with Gasteiger partial charge in [-0.05, 0) is 44.2 Å². The summed E-state index contributed by atoms with van der Waals surface area (Å²) in [5.41, 5.74) is 2.32. The van der Waals surface area contributed by atoms with E-state index in [0.717, 1.165) is 37.8 Å². The van der Waals surface area contributed by atoms with Gasteiger partial charge in [0.1, 0.15) is 0 Å². The lowest BCUT2D eigenvalue weighted by Gasteiger charge is -2.36. The fourth-order valence-corrected chi connectivity index (χ4v) is 3.39. The van der Waals surface area contributed by atoms with Crippen LogP contribution in [-0.2, 0) is 16.1 Å². The minimum absolute atomic E-state index is 0.00720. The van der Waals surface area contributed by atoms with Gasteiger partial charge in [-0.15, -0.1) is 0 Å². The monoisotopic (exact) mass is 359 g/mol. The van der Waals surface area contributed by atoms with Crippen LogP contribution in [0.1, 0.15) is 50.7 Å². The molecule has 2 N–H and O–H groups in total. The molecule has 1 fully saturated rings. The van der Waals surface area contributed by atoms with Crippen LogP contribution in [-0.4, -0.2) is 42.4 Å². The summed E-state index contributed by atoms with van der Waals surface area (Å²) in [7, 11) is 0. The molecule has 0 radical (unpaired) electrons. The van der Waals surface area contributed by atoms with Crippen LogP contribution in [0.5, 0.6) is 0 Å². The number of carbonyl (C=O) groups is 2. The van der Waals surface area contributed by atoms with Crippen molar-refractivity contribution >= 4 is 11.8 Å². The maximum Gasteiger partial charge on any atom is 0.234 e. The number of aryl methyl sites for hydroxylation is 1. The second-order valence-corrected chi connectivity index (χ2v) is 7.40. The number of piperidine rings is 1. The van der Waals surface area contributed by atoms with Gasteiger partial charge in [0.25, 0.3) is 0 Å². The summed E-state index contributed by atoms with van der Waals surface area (Å²) < 4.78 is 0. The van der Waals surface area contributed by atoms with E-state index in [9.17, 15) is 9.59 Å². The van der Waals surface area contributed by atoms with E-state index in [1.54, 1.807) is 0 Å². The maximum absolute atomic E-state index is 12.4.